The average molecular weight is 347 g/mol. The van der Waals surface area contributed by atoms with Gasteiger partial charge >= 0.3 is 0 Å². The van der Waals surface area contributed by atoms with Crippen molar-refractivity contribution >= 4 is 27.5 Å². The van der Waals surface area contributed by atoms with Gasteiger partial charge in [0.25, 0.3) is 0 Å². The van der Waals surface area contributed by atoms with Crippen molar-refractivity contribution in [2.24, 2.45) is 0 Å². The molecule has 0 aliphatic rings. The third-order valence-corrected chi connectivity index (χ3v) is 3.77. The first-order valence-electron chi connectivity index (χ1n) is 6.83. The molecule has 0 aliphatic carbocycles. The number of rotatable bonds is 5. The summed E-state index contributed by atoms with van der Waals surface area (Å²) < 4.78 is 0.997. The first kappa shape index (κ1) is 15.7. The maximum Gasteiger partial charge on any atom is 0.238 e. The highest BCUT2D eigenvalue weighted by atomic mass is 79.9. The topological polar surface area (TPSA) is 32.3 Å². The number of carbonyl (C=O) groups excluding carboxylic acids is 1. The van der Waals surface area contributed by atoms with Gasteiger partial charge in [0.05, 0.1) is 6.54 Å². The van der Waals surface area contributed by atoms with E-state index in [2.05, 4.69) is 40.3 Å². The monoisotopic (exact) mass is 346 g/mol. The summed E-state index contributed by atoms with van der Waals surface area (Å²) in [5, 5.41) is 2.90. The van der Waals surface area contributed by atoms with Crippen LogP contribution >= 0.6 is 15.9 Å². The SMILES string of the molecule is Cc1ccccc1CN(C)CC(=O)Nc1ccc(Br)cc1. The first-order chi connectivity index (χ1) is 10.0. The lowest BCUT2D eigenvalue weighted by molar-refractivity contribution is -0.117. The van der Waals surface area contributed by atoms with Gasteiger partial charge in [0.15, 0.2) is 0 Å². The Kier molecular flexibility index (Phi) is 5.53. The molecule has 1 N–H and O–H groups in total. The molecule has 2 aromatic rings. The molecule has 0 bridgehead atoms. The Morgan fingerprint density at radius 1 is 1.14 bits per heavy atom. The van der Waals surface area contributed by atoms with Crippen LogP contribution in [0, 0.1) is 6.92 Å². The van der Waals surface area contributed by atoms with Crippen molar-refractivity contribution in [3.63, 3.8) is 0 Å². The maximum atomic E-state index is 12.0. The summed E-state index contributed by atoms with van der Waals surface area (Å²) in [4.78, 5) is 14.0. The third kappa shape index (κ3) is 4.99. The number of benzene rings is 2. The summed E-state index contributed by atoms with van der Waals surface area (Å²) in [6.45, 7) is 3.22. The number of likely N-dealkylation sites (N-methyl/N-ethyl adjacent to an activating group) is 1. The number of amides is 1. The number of aryl methyl sites for hydroxylation is 1. The van der Waals surface area contributed by atoms with Gasteiger partial charge in [-0.15, -0.1) is 0 Å². The molecule has 0 aliphatic heterocycles. The number of hydrogen-bond acceptors (Lipinski definition) is 2. The first-order valence-corrected chi connectivity index (χ1v) is 7.62. The van der Waals surface area contributed by atoms with Gasteiger partial charge < -0.3 is 5.32 Å². The lowest BCUT2D eigenvalue weighted by Crippen LogP contribution is -2.30. The largest absolute Gasteiger partial charge is 0.325 e. The number of halogens is 1. The molecular formula is C17H19BrN2O. The predicted molar refractivity (Wildman–Crippen MR) is 90.3 cm³/mol. The summed E-state index contributed by atoms with van der Waals surface area (Å²) in [6, 6.07) is 15.8. The molecule has 0 saturated heterocycles. The Morgan fingerprint density at radius 2 is 1.81 bits per heavy atom. The van der Waals surface area contributed by atoms with Crippen molar-refractivity contribution in [3.05, 3.63) is 64.1 Å². The third-order valence-electron chi connectivity index (χ3n) is 3.24. The molecule has 4 heteroatoms. The fourth-order valence-corrected chi connectivity index (χ4v) is 2.38. The Balaban J connectivity index is 1.87. The van der Waals surface area contributed by atoms with Crippen LogP contribution in [0.4, 0.5) is 5.69 Å². The smallest absolute Gasteiger partial charge is 0.238 e. The van der Waals surface area contributed by atoms with Crippen molar-refractivity contribution in [1.82, 2.24) is 4.90 Å². The van der Waals surface area contributed by atoms with E-state index in [1.165, 1.54) is 11.1 Å². The normalized spacial score (nSPS) is 10.7. The molecule has 0 unspecified atom stereocenters. The maximum absolute atomic E-state index is 12.0. The van der Waals surface area contributed by atoms with Crippen LogP contribution in [0.15, 0.2) is 53.0 Å². The van der Waals surface area contributed by atoms with E-state index in [0.29, 0.717) is 6.54 Å². The zero-order valence-corrected chi connectivity index (χ0v) is 13.9. The van der Waals surface area contributed by atoms with Gasteiger partial charge in [0.1, 0.15) is 0 Å². The predicted octanol–water partition coefficient (Wildman–Crippen LogP) is 3.83. The van der Waals surface area contributed by atoms with Gasteiger partial charge in [0, 0.05) is 16.7 Å². The molecule has 21 heavy (non-hydrogen) atoms. The van der Waals surface area contributed by atoms with E-state index < -0.39 is 0 Å². The van der Waals surface area contributed by atoms with Gasteiger partial charge in [-0.3, -0.25) is 9.69 Å². The molecule has 2 rings (SSSR count). The molecular weight excluding hydrogens is 328 g/mol. The van der Waals surface area contributed by atoms with E-state index in [9.17, 15) is 4.79 Å². The number of nitrogens with zero attached hydrogens (tertiary/aromatic N) is 1. The number of anilines is 1. The van der Waals surface area contributed by atoms with Crippen molar-refractivity contribution in [3.8, 4) is 0 Å². The highest BCUT2D eigenvalue weighted by molar-refractivity contribution is 9.10. The Labute approximate surface area is 134 Å². The second-order valence-electron chi connectivity index (χ2n) is 5.15. The van der Waals surface area contributed by atoms with E-state index in [-0.39, 0.29) is 5.91 Å². The van der Waals surface area contributed by atoms with Crippen LogP contribution in [-0.4, -0.2) is 24.4 Å². The Morgan fingerprint density at radius 3 is 2.48 bits per heavy atom. The zero-order valence-electron chi connectivity index (χ0n) is 12.3. The molecule has 0 spiro atoms. The van der Waals surface area contributed by atoms with Crippen molar-refractivity contribution in [1.29, 1.82) is 0 Å². The lowest BCUT2D eigenvalue weighted by Gasteiger charge is -2.17. The molecule has 110 valence electrons. The molecule has 0 heterocycles. The Hall–Kier alpha value is -1.65. The molecule has 0 saturated carbocycles. The van der Waals surface area contributed by atoms with E-state index >= 15 is 0 Å². The molecule has 3 nitrogen and oxygen atoms in total. The zero-order chi connectivity index (χ0) is 15.2. The molecule has 2 aromatic carbocycles. The van der Waals surface area contributed by atoms with Crippen molar-refractivity contribution in [2.45, 2.75) is 13.5 Å². The van der Waals surface area contributed by atoms with E-state index in [4.69, 9.17) is 0 Å². The van der Waals surface area contributed by atoms with Gasteiger partial charge in [-0.05, 0) is 49.4 Å². The number of carbonyl (C=O) groups is 1. The minimum absolute atomic E-state index is 0.00610. The van der Waals surface area contributed by atoms with Crippen molar-refractivity contribution < 1.29 is 4.79 Å². The second kappa shape index (κ2) is 7.38. The van der Waals surface area contributed by atoms with Gasteiger partial charge in [-0.25, -0.2) is 0 Å². The number of hydrogen-bond donors (Lipinski definition) is 1. The molecule has 1 amide bonds. The van der Waals surface area contributed by atoms with Crippen LogP contribution in [0.2, 0.25) is 0 Å². The fourth-order valence-electron chi connectivity index (χ4n) is 2.11. The van der Waals surface area contributed by atoms with Gasteiger partial charge in [-0.2, -0.15) is 0 Å². The molecule has 0 fully saturated rings. The molecule has 0 aromatic heterocycles. The van der Waals surface area contributed by atoms with E-state index in [1.54, 1.807) is 0 Å². The van der Waals surface area contributed by atoms with Crippen molar-refractivity contribution in [2.75, 3.05) is 18.9 Å². The van der Waals surface area contributed by atoms with Crippen LogP contribution in [-0.2, 0) is 11.3 Å². The van der Waals surface area contributed by atoms with Gasteiger partial charge in [0.2, 0.25) is 5.91 Å². The minimum atomic E-state index is -0.00610. The summed E-state index contributed by atoms with van der Waals surface area (Å²) >= 11 is 3.37. The number of nitrogens with one attached hydrogen (secondary N) is 1. The van der Waals surface area contributed by atoms with Gasteiger partial charge in [-0.1, -0.05) is 40.2 Å². The van der Waals surface area contributed by atoms with E-state index in [0.717, 1.165) is 16.7 Å². The fraction of sp³-hybridized carbons (Fsp3) is 0.235. The Bertz CT molecular complexity index is 610. The minimum Gasteiger partial charge on any atom is -0.325 e. The summed E-state index contributed by atoms with van der Waals surface area (Å²) in [6.07, 6.45) is 0. The second-order valence-corrected chi connectivity index (χ2v) is 6.07. The van der Waals surface area contributed by atoms with Crippen LogP contribution in [0.5, 0.6) is 0 Å². The van der Waals surface area contributed by atoms with Crippen LogP contribution in [0.25, 0.3) is 0 Å². The van der Waals surface area contributed by atoms with Crippen LogP contribution < -0.4 is 5.32 Å². The van der Waals surface area contributed by atoms with Crippen LogP contribution in [0.3, 0.4) is 0 Å². The summed E-state index contributed by atoms with van der Waals surface area (Å²) in [7, 11) is 1.95. The molecule has 0 radical (unpaired) electrons. The quantitative estimate of drug-likeness (QED) is 0.892. The average Bonchev–Trinajstić information content (AvgIpc) is 2.44. The highest BCUT2D eigenvalue weighted by Gasteiger charge is 2.08. The molecule has 0 atom stereocenters. The summed E-state index contributed by atoms with van der Waals surface area (Å²) in [5.74, 6) is -0.00610. The van der Waals surface area contributed by atoms with E-state index in [1.807, 2.05) is 48.3 Å². The standard InChI is InChI=1S/C17H19BrN2O/c1-13-5-3-4-6-14(13)11-20(2)12-17(21)19-16-9-7-15(18)8-10-16/h3-10H,11-12H2,1-2H3,(H,19,21). The highest BCUT2D eigenvalue weighted by Crippen LogP contribution is 2.14. The van der Waals surface area contributed by atoms with Crippen LogP contribution in [0.1, 0.15) is 11.1 Å². The summed E-state index contributed by atoms with van der Waals surface area (Å²) in [5.41, 5.74) is 3.31. The lowest BCUT2D eigenvalue weighted by atomic mass is 10.1.